The predicted octanol–water partition coefficient (Wildman–Crippen LogP) is 3.51. The zero-order chi connectivity index (χ0) is 22.8. The molecular formula is C23H19N3O6S. The number of carbonyl (C=O) groups is 1. The molecule has 1 amide bonds. The SMILES string of the molecule is COc1ccccc1NC(=O)CSc1nc2cc3c(cc2c(=O)n1Cc1ccco1)OCO3. The summed E-state index contributed by atoms with van der Waals surface area (Å²) in [5.41, 5.74) is 0.771. The summed E-state index contributed by atoms with van der Waals surface area (Å²) < 4.78 is 23.0. The lowest BCUT2D eigenvalue weighted by molar-refractivity contribution is -0.113. The monoisotopic (exact) mass is 465 g/mol. The summed E-state index contributed by atoms with van der Waals surface area (Å²) in [7, 11) is 1.54. The van der Waals surface area contributed by atoms with Gasteiger partial charge in [-0.2, -0.15) is 0 Å². The van der Waals surface area contributed by atoms with Gasteiger partial charge in [-0.3, -0.25) is 14.2 Å². The molecule has 1 aliphatic rings. The van der Waals surface area contributed by atoms with E-state index < -0.39 is 0 Å². The summed E-state index contributed by atoms with van der Waals surface area (Å²) in [6, 6.07) is 14.0. The third kappa shape index (κ3) is 4.24. The van der Waals surface area contributed by atoms with E-state index in [2.05, 4.69) is 10.3 Å². The van der Waals surface area contributed by atoms with E-state index >= 15 is 0 Å². The van der Waals surface area contributed by atoms with E-state index in [0.717, 1.165) is 11.8 Å². The number of furan rings is 1. The number of ether oxygens (including phenoxy) is 3. The van der Waals surface area contributed by atoms with Gasteiger partial charge in [0.15, 0.2) is 16.7 Å². The van der Waals surface area contributed by atoms with Gasteiger partial charge >= 0.3 is 0 Å². The minimum Gasteiger partial charge on any atom is -0.495 e. The van der Waals surface area contributed by atoms with E-state index in [1.165, 1.54) is 11.7 Å². The minimum absolute atomic E-state index is 0.0404. The highest BCUT2D eigenvalue weighted by atomic mass is 32.2. The highest BCUT2D eigenvalue weighted by Crippen LogP contribution is 2.35. The number of nitrogens with one attached hydrogen (secondary N) is 1. The molecule has 5 rings (SSSR count). The maximum absolute atomic E-state index is 13.3. The minimum atomic E-state index is -0.262. The van der Waals surface area contributed by atoms with Crippen LogP contribution in [0.4, 0.5) is 5.69 Å². The molecule has 2 aromatic heterocycles. The molecule has 33 heavy (non-hydrogen) atoms. The van der Waals surface area contributed by atoms with E-state index in [-0.39, 0.29) is 30.6 Å². The number of amides is 1. The zero-order valence-electron chi connectivity index (χ0n) is 17.6. The van der Waals surface area contributed by atoms with Crippen LogP contribution < -0.4 is 25.1 Å². The van der Waals surface area contributed by atoms with Crippen molar-refractivity contribution in [3.8, 4) is 17.2 Å². The number of carbonyl (C=O) groups excluding carboxylic acids is 1. The molecule has 168 valence electrons. The van der Waals surface area contributed by atoms with Gasteiger partial charge in [-0.15, -0.1) is 0 Å². The van der Waals surface area contributed by atoms with Gasteiger partial charge in [0.25, 0.3) is 5.56 Å². The molecule has 9 nitrogen and oxygen atoms in total. The topological polar surface area (TPSA) is 105 Å². The fraction of sp³-hybridized carbons (Fsp3) is 0.174. The Morgan fingerprint density at radius 3 is 2.79 bits per heavy atom. The normalized spacial score (nSPS) is 12.2. The summed E-state index contributed by atoms with van der Waals surface area (Å²) in [4.78, 5) is 30.6. The van der Waals surface area contributed by atoms with Crippen molar-refractivity contribution in [2.75, 3.05) is 25.0 Å². The van der Waals surface area contributed by atoms with E-state index in [1.54, 1.807) is 48.7 Å². The number of thioether (sulfide) groups is 1. The van der Waals surface area contributed by atoms with Crippen LogP contribution in [-0.2, 0) is 11.3 Å². The average Bonchev–Trinajstić information content (AvgIpc) is 3.50. The van der Waals surface area contributed by atoms with Crippen molar-refractivity contribution in [1.29, 1.82) is 0 Å². The van der Waals surface area contributed by atoms with Gasteiger partial charge in [0.05, 0.1) is 42.3 Å². The van der Waals surface area contributed by atoms with Crippen molar-refractivity contribution in [1.82, 2.24) is 9.55 Å². The molecule has 2 aromatic carbocycles. The fourth-order valence-corrected chi connectivity index (χ4v) is 4.26. The first-order valence-electron chi connectivity index (χ1n) is 10.0. The van der Waals surface area contributed by atoms with Gasteiger partial charge in [-0.1, -0.05) is 23.9 Å². The molecular weight excluding hydrogens is 446 g/mol. The summed E-state index contributed by atoms with van der Waals surface area (Å²) in [6.07, 6.45) is 1.54. The largest absolute Gasteiger partial charge is 0.495 e. The molecule has 0 aliphatic carbocycles. The Bertz CT molecular complexity index is 1380. The highest BCUT2D eigenvalue weighted by Gasteiger charge is 2.20. The second-order valence-electron chi connectivity index (χ2n) is 7.12. The lowest BCUT2D eigenvalue weighted by Gasteiger charge is -2.13. The van der Waals surface area contributed by atoms with Crippen LogP contribution >= 0.6 is 11.8 Å². The van der Waals surface area contributed by atoms with Crippen LogP contribution in [0.3, 0.4) is 0 Å². The molecule has 0 radical (unpaired) electrons. The van der Waals surface area contributed by atoms with Gasteiger partial charge in [0, 0.05) is 6.07 Å². The summed E-state index contributed by atoms with van der Waals surface area (Å²) in [5, 5.41) is 3.61. The van der Waals surface area contributed by atoms with Crippen molar-refractivity contribution >= 4 is 34.3 Å². The first kappa shape index (κ1) is 21.0. The number of benzene rings is 2. The molecule has 0 saturated heterocycles. The van der Waals surface area contributed by atoms with E-state index in [1.807, 2.05) is 6.07 Å². The number of hydrogen-bond donors (Lipinski definition) is 1. The molecule has 1 N–H and O–H groups in total. The Morgan fingerprint density at radius 1 is 1.18 bits per heavy atom. The second-order valence-corrected chi connectivity index (χ2v) is 8.07. The Labute approximate surface area is 192 Å². The van der Waals surface area contributed by atoms with Crippen molar-refractivity contribution in [2.24, 2.45) is 0 Å². The molecule has 0 spiro atoms. The van der Waals surface area contributed by atoms with Gasteiger partial charge in [-0.05, 0) is 30.3 Å². The first-order valence-corrected chi connectivity index (χ1v) is 11.0. The van der Waals surface area contributed by atoms with Crippen LogP contribution in [0.1, 0.15) is 5.76 Å². The maximum Gasteiger partial charge on any atom is 0.262 e. The van der Waals surface area contributed by atoms with Gasteiger partial charge in [0.2, 0.25) is 12.7 Å². The maximum atomic E-state index is 13.3. The van der Waals surface area contributed by atoms with Gasteiger partial charge in [0.1, 0.15) is 11.5 Å². The highest BCUT2D eigenvalue weighted by molar-refractivity contribution is 7.99. The Kier molecular flexibility index (Phi) is 5.66. The third-order valence-corrected chi connectivity index (χ3v) is 6.00. The Hall–Kier alpha value is -3.92. The summed E-state index contributed by atoms with van der Waals surface area (Å²) in [5.74, 6) is 1.98. The van der Waals surface area contributed by atoms with E-state index in [4.69, 9.17) is 18.6 Å². The van der Waals surface area contributed by atoms with Crippen LogP contribution in [0.15, 0.2) is 69.2 Å². The molecule has 0 saturated carbocycles. The number of fused-ring (bicyclic) bond motifs is 2. The van der Waals surface area contributed by atoms with Gasteiger partial charge < -0.3 is 23.9 Å². The first-order chi connectivity index (χ1) is 16.1. The van der Waals surface area contributed by atoms with E-state index in [9.17, 15) is 9.59 Å². The second kappa shape index (κ2) is 8.91. The Morgan fingerprint density at radius 2 is 2.00 bits per heavy atom. The van der Waals surface area contributed by atoms with Crippen molar-refractivity contribution in [2.45, 2.75) is 11.7 Å². The van der Waals surface area contributed by atoms with E-state index in [0.29, 0.717) is 44.8 Å². The van der Waals surface area contributed by atoms with Crippen molar-refractivity contribution < 1.29 is 23.4 Å². The van der Waals surface area contributed by atoms with Crippen LogP contribution in [-0.4, -0.2) is 35.1 Å². The number of nitrogens with zero attached hydrogens (tertiary/aromatic N) is 2. The summed E-state index contributed by atoms with van der Waals surface area (Å²) in [6.45, 7) is 0.274. The van der Waals surface area contributed by atoms with Crippen LogP contribution in [0.2, 0.25) is 0 Å². The van der Waals surface area contributed by atoms with Crippen molar-refractivity contribution in [3.05, 3.63) is 70.9 Å². The predicted molar refractivity (Wildman–Crippen MR) is 122 cm³/mol. The smallest absolute Gasteiger partial charge is 0.262 e. The lowest BCUT2D eigenvalue weighted by atomic mass is 10.2. The Balaban J connectivity index is 1.46. The van der Waals surface area contributed by atoms with Crippen LogP contribution in [0.5, 0.6) is 17.2 Å². The molecule has 1 aliphatic heterocycles. The number of rotatable bonds is 7. The molecule has 0 bridgehead atoms. The average molecular weight is 465 g/mol. The zero-order valence-corrected chi connectivity index (χ0v) is 18.4. The standard InChI is InChI=1S/C23H19N3O6S/c1-29-18-7-3-2-6-16(18)24-21(27)12-33-23-25-17-10-20-19(31-13-32-20)9-15(17)22(28)26(23)11-14-5-4-8-30-14/h2-10H,11-13H2,1H3,(H,24,27). The molecule has 0 unspecified atom stereocenters. The number of aromatic nitrogens is 2. The number of anilines is 1. The lowest BCUT2D eigenvalue weighted by Crippen LogP contribution is -2.24. The quantitative estimate of drug-likeness (QED) is 0.327. The van der Waals surface area contributed by atoms with Crippen LogP contribution in [0.25, 0.3) is 10.9 Å². The fourth-order valence-electron chi connectivity index (χ4n) is 3.46. The third-order valence-electron chi connectivity index (χ3n) is 5.02. The van der Waals surface area contributed by atoms with Crippen molar-refractivity contribution in [3.63, 3.8) is 0 Å². The summed E-state index contributed by atoms with van der Waals surface area (Å²) >= 11 is 1.16. The molecule has 0 fully saturated rings. The van der Waals surface area contributed by atoms with Crippen LogP contribution in [0, 0.1) is 0 Å². The van der Waals surface area contributed by atoms with Gasteiger partial charge in [-0.25, -0.2) is 4.98 Å². The molecule has 3 heterocycles. The number of methoxy groups -OCH3 is 1. The number of hydrogen-bond acceptors (Lipinski definition) is 8. The molecule has 10 heteroatoms. The number of para-hydroxylation sites is 2. The molecule has 0 atom stereocenters. The molecule has 4 aromatic rings.